The Morgan fingerprint density at radius 1 is 1.28 bits per heavy atom. The van der Waals surface area contributed by atoms with Gasteiger partial charge in [0, 0.05) is 11.6 Å². The minimum Gasteiger partial charge on any atom is -0.256 e. The van der Waals surface area contributed by atoms with E-state index in [1.807, 2.05) is 29.9 Å². The summed E-state index contributed by atoms with van der Waals surface area (Å²) in [5.41, 5.74) is 3.33. The van der Waals surface area contributed by atoms with Gasteiger partial charge in [-0.15, -0.1) is 5.10 Å². The molecule has 0 spiro atoms. The van der Waals surface area contributed by atoms with Crippen molar-refractivity contribution in [2.24, 2.45) is 0 Å². The van der Waals surface area contributed by atoms with E-state index < -0.39 is 0 Å². The Bertz CT molecular complexity index is 705. The van der Waals surface area contributed by atoms with Crippen molar-refractivity contribution in [3.05, 3.63) is 51.5 Å². The molecule has 2 aromatic heterocycles. The van der Waals surface area contributed by atoms with E-state index in [0.717, 1.165) is 26.8 Å². The maximum Gasteiger partial charge on any atom is 0.146 e. The van der Waals surface area contributed by atoms with Gasteiger partial charge in [-0.1, -0.05) is 17.3 Å². The Balaban J connectivity index is 1.98. The third-order valence-corrected chi connectivity index (χ3v) is 3.92. The van der Waals surface area contributed by atoms with Crippen molar-refractivity contribution in [3.8, 4) is 0 Å². The van der Waals surface area contributed by atoms with E-state index in [-0.39, 0.29) is 0 Å². The summed E-state index contributed by atoms with van der Waals surface area (Å²) in [4.78, 5) is 4.32. The van der Waals surface area contributed by atoms with Gasteiger partial charge in [0.25, 0.3) is 0 Å². The first-order chi connectivity index (χ1) is 8.74. The van der Waals surface area contributed by atoms with E-state index >= 15 is 0 Å². The van der Waals surface area contributed by atoms with Gasteiger partial charge in [-0.25, -0.2) is 4.68 Å². The highest BCUT2D eigenvalue weighted by atomic mass is 127. The van der Waals surface area contributed by atoms with Crippen LogP contribution in [0.1, 0.15) is 11.3 Å². The fourth-order valence-electron chi connectivity index (χ4n) is 1.89. The fourth-order valence-corrected chi connectivity index (χ4v) is 2.26. The molecule has 0 radical (unpaired) electrons. The summed E-state index contributed by atoms with van der Waals surface area (Å²) in [5.74, 6) is 0. The molecule has 0 unspecified atom stereocenters. The van der Waals surface area contributed by atoms with Gasteiger partial charge in [-0.3, -0.25) is 4.98 Å². The van der Waals surface area contributed by atoms with Crippen LogP contribution in [0.25, 0.3) is 10.9 Å². The van der Waals surface area contributed by atoms with Crippen LogP contribution in [-0.4, -0.2) is 20.0 Å². The molecule has 1 aromatic carbocycles. The minimum atomic E-state index is 0.743. The molecule has 0 amide bonds. The molecule has 0 aliphatic rings. The van der Waals surface area contributed by atoms with Crippen LogP contribution in [0.2, 0.25) is 0 Å². The molecule has 0 bridgehead atoms. The maximum absolute atomic E-state index is 4.32. The predicted molar refractivity (Wildman–Crippen MR) is 78.3 cm³/mol. The second kappa shape index (κ2) is 4.64. The van der Waals surface area contributed by atoms with Gasteiger partial charge in [0.2, 0.25) is 0 Å². The number of halogens is 1. The molecule has 0 saturated heterocycles. The Kier molecular flexibility index (Phi) is 2.99. The number of benzene rings is 1. The summed E-state index contributed by atoms with van der Waals surface area (Å²) in [5, 5.41) is 9.35. The van der Waals surface area contributed by atoms with Gasteiger partial charge in [0.1, 0.15) is 3.70 Å². The van der Waals surface area contributed by atoms with Gasteiger partial charge in [-0.05, 0) is 53.3 Å². The van der Waals surface area contributed by atoms with Crippen LogP contribution in [0.15, 0.2) is 36.5 Å². The molecule has 0 aliphatic heterocycles. The molecule has 4 nitrogen and oxygen atoms in total. The lowest BCUT2D eigenvalue weighted by molar-refractivity contribution is 0.634. The number of rotatable bonds is 2. The first-order valence-electron chi connectivity index (χ1n) is 5.63. The summed E-state index contributed by atoms with van der Waals surface area (Å²) in [6.45, 7) is 2.77. The van der Waals surface area contributed by atoms with Crippen LogP contribution < -0.4 is 0 Å². The number of aromatic nitrogens is 4. The smallest absolute Gasteiger partial charge is 0.146 e. The minimum absolute atomic E-state index is 0.743. The van der Waals surface area contributed by atoms with Crippen LogP contribution in [0.4, 0.5) is 0 Å². The molecule has 18 heavy (non-hydrogen) atoms. The van der Waals surface area contributed by atoms with Crippen LogP contribution >= 0.6 is 22.6 Å². The summed E-state index contributed by atoms with van der Waals surface area (Å²) in [6.07, 6.45) is 1.81. The quantitative estimate of drug-likeness (QED) is 0.668. The molecule has 3 aromatic rings. The molecule has 0 N–H and O–H groups in total. The van der Waals surface area contributed by atoms with Crippen molar-refractivity contribution in [1.29, 1.82) is 0 Å². The van der Waals surface area contributed by atoms with Gasteiger partial charge in [-0.2, -0.15) is 0 Å². The highest BCUT2D eigenvalue weighted by Crippen LogP contribution is 2.15. The van der Waals surface area contributed by atoms with E-state index in [0.29, 0.717) is 0 Å². The number of nitrogens with zero attached hydrogens (tertiary/aromatic N) is 4. The first-order valence-corrected chi connectivity index (χ1v) is 6.71. The Labute approximate surface area is 118 Å². The SMILES string of the molecule is Cc1c(I)nnn1Cc1ccc2ncccc2c1. The highest BCUT2D eigenvalue weighted by Gasteiger charge is 2.06. The number of fused-ring (bicyclic) bond motifs is 1. The first kappa shape index (κ1) is 11.6. The van der Waals surface area contributed by atoms with E-state index in [9.17, 15) is 0 Å². The predicted octanol–water partition coefficient (Wildman–Crippen LogP) is 2.79. The summed E-state index contributed by atoms with van der Waals surface area (Å²) in [7, 11) is 0. The van der Waals surface area contributed by atoms with Crippen molar-refractivity contribution in [3.63, 3.8) is 0 Å². The van der Waals surface area contributed by atoms with E-state index in [4.69, 9.17) is 0 Å². The molecule has 0 fully saturated rings. The van der Waals surface area contributed by atoms with Crippen LogP contribution in [0, 0.1) is 10.6 Å². The van der Waals surface area contributed by atoms with Crippen molar-refractivity contribution < 1.29 is 0 Å². The fraction of sp³-hybridized carbons (Fsp3) is 0.154. The largest absolute Gasteiger partial charge is 0.256 e. The molecule has 90 valence electrons. The third-order valence-electron chi connectivity index (χ3n) is 2.93. The molecule has 3 rings (SSSR count). The van der Waals surface area contributed by atoms with Crippen molar-refractivity contribution >= 4 is 33.5 Å². The third kappa shape index (κ3) is 2.10. The monoisotopic (exact) mass is 350 g/mol. The Morgan fingerprint density at radius 2 is 2.17 bits per heavy atom. The van der Waals surface area contributed by atoms with E-state index in [1.165, 1.54) is 5.56 Å². The summed E-state index contributed by atoms with van der Waals surface area (Å²) >= 11 is 2.20. The number of pyridine rings is 1. The molecule has 0 atom stereocenters. The van der Waals surface area contributed by atoms with Crippen LogP contribution in [0.5, 0.6) is 0 Å². The molecular weight excluding hydrogens is 339 g/mol. The number of hydrogen-bond acceptors (Lipinski definition) is 3. The standard InChI is InChI=1S/C13H11IN4/c1-9-13(14)16-17-18(9)8-10-4-5-12-11(7-10)3-2-6-15-12/h2-7H,8H2,1H3. The van der Waals surface area contributed by atoms with Crippen LogP contribution in [-0.2, 0) is 6.54 Å². The lowest BCUT2D eigenvalue weighted by Crippen LogP contribution is -2.04. The molecule has 5 heteroatoms. The molecule has 0 aliphatic carbocycles. The Hall–Kier alpha value is -1.50. The van der Waals surface area contributed by atoms with Gasteiger partial charge in [0.15, 0.2) is 0 Å². The van der Waals surface area contributed by atoms with Crippen molar-refractivity contribution in [2.75, 3.05) is 0 Å². The molecular formula is C13H11IN4. The van der Waals surface area contributed by atoms with Gasteiger partial charge >= 0.3 is 0 Å². The average Bonchev–Trinajstić information content (AvgIpc) is 2.71. The second-order valence-corrected chi connectivity index (χ2v) is 5.18. The van der Waals surface area contributed by atoms with Crippen molar-refractivity contribution in [1.82, 2.24) is 20.0 Å². The van der Waals surface area contributed by atoms with Crippen LogP contribution in [0.3, 0.4) is 0 Å². The lowest BCUT2D eigenvalue weighted by atomic mass is 10.1. The highest BCUT2D eigenvalue weighted by molar-refractivity contribution is 14.1. The average molecular weight is 350 g/mol. The lowest BCUT2D eigenvalue weighted by Gasteiger charge is -2.05. The normalized spacial score (nSPS) is 11.0. The zero-order valence-electron chi connectivity index (χ0n) is 9.84. The summed E-state index contributed by atoms with van der Waals surface area (Å²) in [6, 6.07) is 10.3. The zero-order valence-corrected chi connectivity index (χ0v) is 12.0. The van der Waals surface area contributed by atoms with Crippen molar-refractivity contribution in [2.45, 2.75) is 13.5 Å². The van der Waals surface area contributed by atoms with E-state index in [1.54, 1.807) is 0 Å². The summed E-state index contributed by atoms with van der Waals surface area (Å²) < 4.78 is 2.87. The number of hydrogen-bond donors (Lipinski definition) is 0. The van der Waals surface area contributed by atoms with E-state index in [2.05, 4.69) is 56.1 Å². The van der Waals surface area contributed by atoms with Gasteiger partial charge < -0.3 is 0 Å². The topological polar surface area (TPSA) is 43.6 Å². The second-order valence-electron chi connectivity index (χ2n) is 4.15. The molecule has 0 saturated carbocycles. The molecule has 2 heterocycles. The van der Waals surface area contributed by atoms with Gasteiger partial charge in [0.05, 0.1) is 17.8 Å². The Morgan fingerprint density at radius 3 is 2.94 bits per heavy atom. The maximum atomic E-state index is 4.32. The zero-order chi connectivity index (χ0) is 12.5.